The Balaban J connectivity index is 2.54. The minimum atomic E-state index is -0.437. The van der Waals surface area contributed by atoms with Crippen LogP contribution in [0.4, 0.5) is 0 Å². The molecule has 0 aliphatic heterocycles. The molecule has 1 aromatic rings. The maximum atomic E-state index is 9.23. The molecule has 0 bridgehead atoms. The van der Waals surface area contributed by atoms with Gasteiger partial charge in [0.2, 0.25) is 0 Å². The second-order valence-corrected chi connectivity index (χ2v) is 5.48. The Hall–Kier alpha value is -0.390. The van der Waals surface area contributed by atoms with E-state index in [1.165, 1.54) is 0 Å². The van der Waals surface area contributed by atoms with E-state index < -0.39 is 5.54 Å². The van der Waals surface area contributed by atoms with Crippen LogP contribution in [-0.2, 0) is 6.54 Å². The van der Waals surface area contributed by atoms with Crippen molar-refractivity contribution in [1.29, 1.82) is 0 Å². The predicted octanol–water partition coefficient (Wildman–Crippen LogP) is 2.14. The van der Waals surface area contributed by atoms with E-state index in [1.54, 1.807) is 0 Å². The van der Waals surface area contributed by atoms with E-state index in [0.717, 1.165) is 41.7 Å². The smallest absolute Gasteiger partial charge is 0.0738 e. The summed E-state index contributed by atoms with van der Waals surface area (Å²) in [7, 11) is 0. The van der Waals surface area contributed by atoms with Crippen LogP contribution < -0.4 is 5.73 Å². The highest BCUT2D eigenvalue weighted by atomic mass is 79.9. The summed E-state index contributed by atoms with van der Waals surface area (Å²) in [6.07, 6.45) is 2.54. The van der Waals surface area contributed by atoms with Crippen LogP contribution in [0.3, 0.4) is 0 Å². The second kappa shape index (κ2) is 5.98. The maximum Gasteiger partial charge on any atom is 0.0738 e. The van der Waals surface area contributed by atoms with E-state index in [2.05, 4.69) is 21.0 Å². The molecule has 98 valence electrons. The third-order valence-corrected chi connectivity index (χ3v) is 4.50. The average Bonchev–Trinajstić information content (AvgIpc) is 2.57. The lowest BCUT2D eigenvalue weighted by Crippen LogP contribution is -2.43. The lowest BCUT2D eigenvalue weighted by Gasteiger charge is -2.25. The molecule has 3 N–H and O–H groups in total. The molecule has 5 heteroatoms. The lowest BCUT2D eigenvalue weighted by atomic mass is 9.93. The molecular weight excluding hydrogens is 282 g/mol. The minimum Gasteiger partial charge on any atom is -0.394 e. The number of nitrogens with zero attached hydrogens (tertiary/aromatic N) is 2. The molecule has 1 aromatic heterocycles. The fraction of sp³-hybridized carbons (Fsp3) is 0.750. The summed E-state index contributed by atoms with van der Waals surface area (Å²) in [6.45, 7) is 6.93. The minimum absolute atomic E-state index is 0.0459. The molecule has 0 radical (unpaired) electrons. The zero-order valence-corrected chi connectivity index (χ0v) is 12.4. The van der Waals surface area contributed by atoms with Crippen molar-refractivity contribution in [3.8, 4) is 0 Å². The molecule has 0 saturated carbocycles. The number of hydrogen-bond acceptors (Lipinski definition) is 3. The first kappa shape index (κ1) is 14.7. The van der Waals surface area contributed by atoms with Crippen molar-refractivity contribution in [2.75, 3.05) is 6.61 Å². The van der Waals surface area contributed by atoms with Crippen LogP contribution in [0.1, 0.15) is 37.6 Å². The van der Waals surface area contributed by atoms with Gasteiger partial charge < -0.3 is 10.8 Å². The molecule has 0 saturated heterocycles. The van der Waals surface area contributed by atoms with Crippen molar-refractivity contribution in [3.63, 3.8) is 0 Å². The average molecular weight is 304 g/mol. The van der Waals surface area contributed by atoms with Crippen molar-refractivity contribution >= 4 is 15.9 Å². The van der Waals surface area contributed by atoms with Gasteiger partial charge in [-0.2, -0.15) is 5.10 Å². The number of nitrogens with two attached hydrogens (primary N) is 1. The zero-order chi connectivity index (χ0) is 13.1. The molecule has 1 unspecified atom stereocenters. The van der Waals surface area contributed by atoms with Gasteiger partial charge in [-0.1, -0.05) is 6.92 Å². The quantitative estimate of drug-likeness (QED) is 0.846. The Morgan fingerprint density at radius 3 is 2.53 bits per heavy atom. The van der Waals surface area contributed by atoms with Crippen LogP contribution in [0.25, 0.3) is 0 Å². The van der Waals surface area contributed by atoms with Crippen molar-refractivity contribution in [2.24, 2.45) is 5.73 Å². The number of halogens is 1. The van der Waals surface area contributed by atoms with Gasteiger partial charge in [-0.25, -0.2) is 0 Å². The van der Waals surface area contributed by atoms with Gasteiger partial charge in [0.05, 0.1) is 16.8 Å². The monoisotopic (exact) mass is 303 g/mol. The maximum absolute atomic E-state index is 9.23. The Morgan fingerprint density at radius 1 is 1.47 bits per heavy atom. The number of aliphatic hydroxyl groups is 1. The fourth-order valence-corrected chi connectivity index (χ4v) is 2.13. The summed E-state index contributed by atoms with van der Waals surface area (Å²) in [6, 6.07) is 0. The summed E-state index contributed by atoms with van der Waals surface area (Å²) in [5, 5.41) is 13.7. The zero-order valence-electron chi connectivity index (χ0n) is 10.8. The molecule has 1 heterocycles. The molecule has 1 atom stereocenters. The van der Waals surface area contributed by atoms with Crippen molar-refractivity contribution in [3.05, 3.63) is 15.9 Å². The number of aryl methyl sites for hydroxylation is 2. The summed E-state index contributed by atoms with van der Waals surface area (Å²) in [5.41, 5.74) is 7.76. The Kier molecular flexibility index (Phi) is 5.16. The first-order valence-corrected chi connectivity index (χ1v) is 6.82. The molecule has 1 rings (SSSR count). The van der Waals surface area contributed by atoms with E-state index in [9.17, 15) is 5.11 Å². The number of aliphatic hydroxyl groups excluding tert-OH is 1. The van der Waals surface area contributed by atoms with Gasteiger partial charge in [0.25, 0.3) is 0 Å². The third kappa shape index (κ3) is 3.53. The van der Waals surface area contributed by atoms with Crippen LogP contribution in [0, 0.1) is 13.8 Å². The molecule has 17 heavy (non-hydrogen) atoms. The van der Waals surface area contributed by atoms with Crippen LogP contribution >= 0.6 is 15.9 Å². The van der Waals surface area contributed by atoms with Gasteiger partial charge in [-0.05, 0) is 49.0 Å². The summed E-state index contributed by atoms with van der Waals surface area (Å²) in [4.78, 5) is 0. The van der Waals surface area contributed by atoms with Crippen LogP contribution in [0.15, 0.2) is 4.47 Å². The lowest BCUT2D eigenvalue weighted by molar-refractivity contribution is 0.178. The fourth-order valence-electron chi connectivity index (χ4n) is 1.84. The molecule has 0 aromatic carbocycles. The number of rotatable bonds is 6. The summed E-state index contributed by atoms with van der Waals surface area (Å²) in [5.74, 6) is 0. The highest BCUT2D eigenvalue weighted by molar-refractivity contribution is 9.10. The first-order chi connectivity index (χ1) is 7.93. The van der Waals surface area contributed by atoms with E-state index in [0.29, 0.717) is 0 Å². The van der Waals surface area contributed by atoms with Gasteiger partial charge >= 0.3 is 0 Å². The highest BCUT2D eigenvalue weighted by Gasteiger charge is 2.21. The Bertz CT molecular complexity index is 372. The van der Waals surface area contributed by atoms with Gasteiger partial charge in [0.1, 0.15) is 0 Å². The predicted molar refractivity (Wildman–Crippen MR) is 72.9 cm³/mol. The van der Waals surface area contributed by atoms with Gasteiger partial charge in [0.15, 0.2) is 0 Å². The molecule has 4 nitrogen and oxygen atoms in total. The van der Waals surface area contributed by atoms with Crippen LogP contribution in [0.2, 0.25) is 0 Å². The normalized spacial score (nSPS) is 14.9. The first-order valence-electron chi connectivity index (χ1n) is 6.03. The highest BCUT2D eigenvalue weighted by Crippen LogP contribution is 2.21. The van der Waals surface area contributed by atoms with Gasteiger partial charge in [0, 0.05) is 17.8 Å². The van der Waals surface area contributed by atoms with E-state index in [-0.39, 0.29) is 6.61 Å². The largest absolute Gasteiger partial charge is 0.394 e. The third-order valence-electron chi connectivity index (χ3n) is 3.36. The van der Waals surface area contributed by atoms with Crippen LogP contribution in [0.5, 0.6) is 0 Å². The standard InChI is InChI=1S/C12H22BrN3O/c1-4-12(14,8-17)6-5-7-16-10(3)11(13)9(2)15-16/h17H,4-8,14H2,1-3H3. The molecular formula is C12H22BrN3O. The number of aromatic nitrogens is 2. The summed E-state index contributed by atoms with van der Waals surface area (Å²) >= 11 is 3.51. The van der Waals surface area contributed by atoms with Crippen LogP contribution in [-0.4, -0.2) is 27.0 Å². The van der Waals surface area contributed by atoms with Crippen molar-refractivity contribution in [2.45, 2.75) is 52.1 Å². The Morgan fingerprint density at radius 2 is 2.12 bits per heavy atom. The molecule has 0 aliphatic rings. The second-order valence-electron chi connectivity index (χ2n) is 4.69. The Labute approximate surface area is 111 Å². The van der Waals surface area contributed by atoms with E-state index in [1.807, 2.05) is 25.5 Å². The van der Waals surface area contributed by atoms with Crippen molar-refractivity contribution in [1.82, 2.24) is 9.78 Å². The van der Waals surface area contributed by atoms with E-state index in [4.69, 9.17) is 5.73 Å². The van der Waals surface area contributed by atoms with Gasteiger partial charge in [-0.3, -0.25) is 4.68 Å². The van der Waals surface area contributed by atoms with E-state index >= 15 is 0 Å². The number of hydrogen-bond donors (Lipinski definition) is 2. The van der Waals surface area contributed by atoms with Crippen molar-refractivity contribution < 1.29 is 5.11 Å². The summed E-state index contributed by atoms with van der Waals surface area (Å²) < 4.78 is 3.07. The SMILES string of the molecule is CCC(N)(CO)CCCn1nc(C)c(Br)c1C. The molecule has 0 aliphatic carbocycles. The topological polar surface area (TPSA) is 64.1 Å². The molecule has 0 spiro atoms. The molecule has 0 fully saturated rings. The molecule has 0 amide bonds. The van der Waals surface area contributed by atoms with Gasteiger partial charge in [-0.15, -0.1) is 0 Å².